The van der Waals surface area contributed by atoms with E-state index in [0.29, 0.717) is 40.0 Å². The monoisotopic (exact) mass is 484 g/mol. The van der Waals surface area contributed by atoms with Crippen molar-refractivity contribution in [3.63, 3.8) is 0 Å². The van der Waals surface area contributed by atoms with E-state index in [2.05, 4.69) is 19.1 Å². The first-order valence-corrected chi connectivity index (χ1v) is 13.3. The topological polar surface area (TPSA) is 83.1 Å². The molecule has 0 saturated heterocycles. The van der Waals surface area contributed by atoms with Crippen molar-refractivity contribution < 1.29 is 14.3 Å². The summed E-state index contributed by atoms with van der Waals surface area (Å²) in [5, 5.41) is 20.5. The number of hydrogen-bond donors (Lipinski definition) is 0. The number of benzene rings is 2. The Balaban J connectivity index is 1.71. The zero-order chi connectivity index (χ0) is 25.8. The first kappa shape index (κ1) is 25.8. The first-order chi connectivity index (χ1) is 17.4. The Labute approximate surface area is 215 Å². The Morgan fingerprint density at radius 1 is 0.944 bits per heavy atom. The zero-order valence-electron chi connectivity index (χ0n) is 21.8. The van der Waals surface area contributed by atoms with Crippen LogP contribution in [0, 0.1) is 28.1 Å². The molecule has 3 fully saturated rings. The van der Waals surface area contributed by atoms with Gasteiger partial charge in [-0.1, -0.05) is 45.2 Å². The number of methoxy groups -OCH3 is 1. The maximum absolute atomic E-state index is 11.6. The van der Waals surface area contributed by atoms with Crippen LogP contribution in [0.5, 0.6) is 11.5 Å². The van der Waals surface area contributed by atoms with E-state index in [0.717, 1.165) is 30.4 Å². The molecule has 0 atom stereocenters. The second-order valence-corrected chi connectivity index (χ2v) is 10.6. The van der Waals surface area contributed by atoms with E-state index in [-0.39, 0.29) is 11.4 Å². The molecule has 0 radical (unpaired) electrons. The van der Waals surface area contributed by atoms with Crippen molar-refractivity contribution in [3.05, 3.63) is 47.0 Å². The van der Waals surface area contributed by atoms with Crippen LogP contribution in [0.4, 0.5) is 0 Å². The Morgan fingerprint density at radius 3 is 2.11 bits per heavy atom. The van der Waals surface area contributed by atoms with Crippen LogP contribution in [0.15, 0.2) is 30.3 Å². The van der Waals surface area contributed by atoms with Crippen LogP contribution >= 0.6 is 0 Å². The zero-order valence-corrected chi connectivity index (χ0v) is 21.8. The second kappa shape index (κ2) is 10.8. The maximum atomic E-state index is 11.6. The fourth-order valence-corrected chi connectivity index (χ4v) is 6.47. The number of fused-ring (bicyclic) bond motifs is 3. The number of carbonyl (C=O) groups excluding carboxylic acids is 1. The van der Waals surface area contributed by atoms with Gasteiger partial charge in [-0.15, -0.1) is 0 Å². The van der Waals surface area contributed by atoms with Crippen LogP contribution in [0.25, 0.3) is 11.1 Å². The molecular formula is C31H36N2O3. The molecule has 188 valence electrons. The lowest BCUT2D eigenvalue weighted by atomic mass is 9.50. The van der Waals surface area contributed by atoms with Crippen molar-refractivity contribution in [2.24, 2.45) is 5.41 Å². The second-order valence-electron chi connectivity index (χ2n) is 10.6. The molecule has 0 heterocycles. The highest BCUT2D eigenvalue weighted by atomic mass is 16.5. The van der Waals surface area contributed by atoms with Crippen LogP contribution < -0.4 is 9.47 Å². The van der Waals surface area contributed by atoms with Crippen molar-refractivity contribution in [1.82, 2.24) is 0 Å². The smallest absolute Gasteiger partial charge is 0.310 e. The van der Waals surface area contributed by atoms with E-state index in [1.54, 1.807) is 26.2 Å². The fourth-order valence-electron chi connectivity index (χ4n) is 6.47. The van der Waals surface area contributed by atoms with Gasteiger partial charge in [-0.05, 0) is 74.1 Å². The highest BCUT2D eigenvalue weighted by molar-refractivity contribution is 5.79. The minimum atomic E-state index is -0.299. The molecule has 2 bridgehead atoms. The van der Waals surface area contributed by atoms with Gasteiger partial charge < -0.3 is 9.47 Å². The van der Waals surface area contributed by atoms with Crippen LogP contribution in [-0.2, 0) is 10.2 Å². The summed E-state index contributed by atoms with van der Waals surface area (Å²) in [7, 11) is 1.65. The minimum absolute atomic E-state index is 0.106. The number of nitriles is 2. The summed E-state index contributed by atoms with van der Waals surface area (Å²) in [5.41, 5.74) is 3.58. The van der Waals surface area contributed by atoms with E-state index in [1.807, 2.05) is 18.2 Å². The summed E-state index contributed by atoms with van der Waals surface area (Å²) in [6.07, 6.45) is 12.2. The summed E-state index contributed by atoms with van der Waals surface area (Å²) in [6.45, 7) is 4.00. The number of carbonyl (C=O) groups is 1. The number of esters is 1. The number of nitrogens with zero attached hydrogens (tertiary/aromatic N) is 2. The van der Waals surface area contributed by atoms with Gasteiger partial charge in [0.2, 0.25) is 0 Å². The van der Waals surface area contributed by atoms with E-state index in [1.165, 1.54) is 44.9 Å². The van der Waals surface area contributed by atoms with Gasteiger partial charge >= 0.3 is 5.97 Å². The Kier molecular flexibility index (Phi) is 7.70. The van der Waals surface area contributed by atoms with Gasteiger partial charge in [0.25, 0.3) is 0 Å². The number of ether oxygens (including phenoxy) is 2. The summed E-state index contributed by atoms with van der Waals surface area (Å²) < 4.78 is 11.2. The quantitative estimate of drug-likeness (QED) is 0.208. The molecular weight excluding hydrogens is 448 g/mol. The van der Waals surface area contributed by atoms with Gasteiger partial charge in [0.1, 0.15) is 23.6 Å². The van der Waals surface area contributed by atoms with Crippen molar-refractivity contribution in [3.8, 4) is 34.8 Å². The van der Waals surface area contributed by atoms with Gasteiger partial charge in [-0.3, -0.25) is 4.79 Å². The van der Waals surface area contributed by atoms with Crippen molar-refractivity contribution in [1.29, 1.82) is 10.5 Å². The third kappa shape index (κ3) is 4.72. The predicted molar refractivity (Wildman–Crippen MR) is 140 cm³/mol. The fraction of sp³-hybridized carbons (Fsp3) is 0.516. The van der Waals surface area contributed by atoms with Gasteiger partial charge in [0.05, 0.1) is 18.2 Å². The van der Waals surface area contributed by atoms with Crippen LogP contribution in [0.1, 0.15) is 101 Å². The van der Waals surface area contributed by atoms with Gasteiger partial charge in [-0.2, -0.15) is 10.5 Å². The van der Waals surface area contributed by atoms with Crippen LogP contribution in [0.3, 0.4) is 0 Å². The van der Waals surface area contributed by atoms with Gasteiger partial charge in [-0.25, -0.2) is 0 Å². The molecule has 0 N–H and O–H groups in total. The summed E-state index contributed by atoms with van der Waals surface area (Å²) in [4.78, 5) is 11.6. The average molecular weight is 485 g/mol. The Bertz CT molecular complexity index is 1180. The largest absolute Gasteiger partial charge is 0.496 e. The molecule has 0 spiro atoms. The minimum Gasteiger partial charge on any atom is -0.496 e. The van der Waals surface area contributed by atoms with E-state index >= 15 is 0 Å². The number of hydrogen-bond acceptors (Lipinski definition) is 5. The first-order valence-electron chi connectivity index (χ1n) is 13.3. The molecule has 5 rings (SSSR count). The molecule has 2 aromatic rings. The highest BCUT2D eigenvalue weighted by Crippen LogP contribution is 2.61. The number of rotatable bonds is 9. The van der Waals surface area contributed by atoms with Crippen LogP contribution in [0.2, 0.25) is 0 Å². The van der Waals surface area contributed by atoms with Gasteiger partial charge in [0.15, 0.2) is 0 Å². The lowest BCUT2D eigenvalue weighted by Crippen LogP contribution is -2.44. The molecule has 3 aliphatic rings. The standard InChI is InChI=1S/C31H36N2O3/c1-4-6-7-12-30-13-16-31(17-14-30,18-15-30)29-26(21-33)25(20-32)24(19-27(29)35-3)22-8-10-23(11-9-22)36-28(34)5-2/h8-11,19H,4-7,12-18H2,1-3H3. The van der Waals surface area contributed by atoms with E-state index < -0.39 is 0 Å². The molecule has 2 aromatic carbocycles. The third-order valence-corrected chi connectivity index (χ3v) is 8.66. The normalized spacial score (nSPS) is 22.5. The molecule has 0 aliphatic heterocycles. The summed E-state index contributed by atoms with van der Waals surface area (Å²) in [5.74, 6) is 0.855. The molecule has 5 heteroatoms. The predicted octanol–water partition coefficient (Wildman–Crippen LogP) is 7.59. The average Bonchev–Trinajstić information content (AvgIpc) is 2.93. The molecule has 0 aromatic heterocycles. The molecule has 0 unspecified atom stereocenters. The summed E-state index contributed by atoms with van der Waals surface area (Å²) in [6, 6.07) is 13.7. The lowest BCUT2D eigenvalue weighted by molar-refractivity contribution is -0.134. The van der Waals surface area contributed by atoms with Crippen molar-refractivity contribution >= 4 is 5.97 Å². The summed E-state index contributed by atoms with van der Waals surface area (Å²) >= 11 is 0. The maximum Gasteiger partial charge on any atom is 0.310 e. The molecule has 3 saturated carbocycles. The van der Waals surface area contributed by atoms with Crippen LogP contribution in [-0.4, -0.2) is 13.1 Å². The molecule has 3 aliphatic carbocycles. The molecule has 0 amide bonds. The third-order valence-electron chi connectivity index (χ3n) is 8.66. The lowest BCUT2D eigenvalue weighted by Gasteiger charge is -2.54. The Hall–Kier alpha value is -3.31. The van der Waals surface area contributed by atoms with Crippen molar-refractivity contribution in [2.75, 3.05) is 7.11 Å². The van der Waals surface area contributed by atoms with Gasteiger partial charge in [0, 0.05) is 23.0 Å². The Morgan fingerprint density at radius 2 is 1.58 bits per heavy atom. The SMILES string of the molecule is CCCCCC12CCC(c3c(OC)cc(-c4ccc(OC(=O)CC)cc4)c(C#N)c3C#N)(CC1)CC2. The molecule has 36 heavy (non-hydrogen) atoms. The van der Waals surface area contributed by atoms with Crippen molar-refractivity contribution in [2.45, 2.75) is 89.9 Å². The van der Waals surface area contributed by atoms with E-state index in [4.69, 9.17) is 9.47 Å². The number of unbranched alkanes of at least 4 members (excludes halogenated alkanes) is 2. The molecule has 5 nitrogen and oxygen atoms in total. The highest BCUT2D eigenvalue weighted by Gasteiger charge is 2.51. The van der Waals surface area contributed by atoms with E-state index in [9.17, 15) is 15.3 Å².